The first-order chi connectivity index (χ1) is 25.5. The number of rotatable bonds is 41. The zero-order valence-corrected chi connectivity index (χ0v) is 36.7. The molecule has 0 aliphatic heterocycles. The summed E-state index contributed by atoms with van der Waals surface area (Å²) in [7, 11) is 1.58. The summed E-state index contributed by atoms with van der Waals surface area (Å²) in [6, 6.07) is -0.839. The number of aliphatic hydroxyl groups is 1. The van der Waals surface area contributed by atoms with Crippen molar-refractivity contribution >= 4 is 13.7 Å². The molecule has 0 aliphatic carbocycles. The van der Waals surface area contributed by atoms with Gasteiger partial charge in [0, 0.05) is 6.42 Å². The maximum Gasteiger partial charge on any atom is 0.472 e. The van der Waals surface area contributed by atoms with Crippen molar-refractivity contribution in [1.82, 2.24) is 5.32 Å². The van der Waals surface area contributed by atoms with Gasteiger partial charge in [-0.05, 0) is 19.3 Å². The van der Waals surface area contributed by atoms with Crippen LogP contribution in [0.1, 0.15) is 213 Å². The van der Waals surface area contributed by atoms with E-state index in [0.717, 1.165) is 32.1 Å². The summed E-state index contributed by atoms with van der Waals surface area (Å²) in [5, 5.41) is 13.8. The van der Waals surface area contributed by atoms with Crippen molar-refractivity contribution < 1.29 is 32.9 Å². The quantitative estimate of drug-likeness (QED) is 0.0247. The third kappa shape index (κ3) is 39.3. The smallest absolute Gasteiger partial charge is 0.387 e. The number of nitrogens with one attached hydrogen (secondary N) is 1. The van der Waals surface area contributed by atoms with Crippen LogP contribution in [0.5, 0.6) is 0 Å². The Morgan fingerprint density at radius 2 is 1.00 bits per heavy atom. The normalized spacial score (nSPS) is 14.5. The minimum absolute atomic E-state index is 0.0646. The van der Waals surface area contributed by atoms with E-state index in [1.54, 1.807) is 6.08 Å². The first-order valence-corrected chi connectivity index (χ1v) is 24.1. The lowest BCUT2D eigenvalue weighted by Gasteiger charge is -2.25. The van der Waals surface area contributed by atoms with E-state index in [2.05, 4.69) is 19.2 Å². The van der Waals surface area contributed by atoms with E-state index in [1.165, 1.54) is 161 Å². The van der Waals surface area contributed by atoms with Gasteiger partial charge in [-0.15, -0.1) is 0 Å². The number of hydrogen-bond acceptors (Lipinski definition) is 5. The largest absolute Gasteiger partial charge is 0.472 e. The van der Waals surface area contributed by atoms with Gasteiger partial charge in [-0.2, -0.15) is 0 Å². The summed E-state index contributed by atoms with van der Waals surface area (Å²) in [5.74, 6) is -0.175. The summed E-state index contributed by atoms with van der Waals surface area (Å²) in [6.45, 7) is 4.83. The topological polar surface area (TPSA) is 105 Å². The van der Waals surface area contributed by atoms with Crippen molar-refractivity contribution in [3.05, 3.63) is 12.2 Å². The molecule has 0 aromatic rings. The van der Waals surface area contributed by atoms with Crippen molar-refractivity contribution in [3.63, 3.8) is 0 Å². The second-order valence-corrected chi connectivity index (χ2v) is 18.2. The van der Waals surface area contributed by atoms with Crippen molar-refractivity contribution in [2.45, 2.75) is 225 Å². The number of quaternary nitrogens is 1. The van der Waals surface area contributed by atoms with Crippen LogP contribution in [0, 0.1) is 0 Å². The van der Waals surface area contributed by atoms with Crippen molar-refractivity contribution in [1.29, 1.82) is 0 Å². The molecule has 0 bridgehead atoms. The molecular weight excluding hydrogens is 683 g/mol. The van der Waals surface area contributed by atoms with Gasteiger partial charge in [0.1, 0.15) is 13.2 Å². The Kier molecular flexibility index (Phi) is 36.3. The molecule has 9 heteroatoms. The van der Waals surface area contributed by atoms with Gasteiger partial charge in [-0.25, -0.2) is 4.57 Å². The molecule has 3 atom stereocenters. The number of allylic oxidation sites excluding steroid dienone is 1. The summed E-state index contributed by atoms with van der Waals surface area (Å²) >= 11 is 0. The van der Waals surface area contributed by atoms with E-state index in [1.807, 2.05) is 27.2 Å². The molecule has 0 rings (SSSR count). The predicted molar refractivity (Wildman–Crippen MR) is 226 cm³/mol. The van der Waals surface area contributed by atoms with Crippen molar-refractivity contribution in [3.8, 4) is 0 Å². The highest BCUT2D eigenvalue weighted by Crippen LogP contribution is 2.43. The molecule has 3 N–H and O–H groups in total. The Hall–Kier alpha value is -0.760. The van der Waals surface area contributed by atoms with E-state index in [-0.39, 0.29) is 19.1 Å². The number of nitrogens with zero attached hydrogens (tertiary/aromatic N) is 1. The van der Waals surface area contributed by atoms with Crippen molar-refractivity contribution in [2.75, 3.05) is 40.9 Å². The molecule has 0 saturated carbocycles. The Morgan fingerprint density at radius 3 is 1.40 bits per heavy atom. The first kappa shape index (κ1) is 52.2. The molecule has 0 aliphatic rings. The van der Waals surface area contributed by atoms with Crippen LogP contribution in [0.4, 0.5) is 0 Å². The molecule has 3 unspecified atom stereocenters. The predicted octanol–water partition coefficient (Wildman–Crippen LogP) is 12.4. The number of phosphoric ester groups is 1. The van der Waals surface area contributed by atoms with Crippen LogP contribution in [0.2, 0.25) is 0 Å². The summed E-state index contributed by atoms with van der Waals surface area (Å²) < 4.78 is 23.6. The third-order valence-electron chi connectivity index (χ3n) is 10.3. The van der Waals surface area contributed by atoms with E-state index in [4.69, 9.17) is 9.05 Å². The number of hydrogen-bond donors (Lipinski definition) is 3. The molecule has 0 aromatic carbocycles. The third-order valence-corrected chi connectivity index (χ3v) is 11.2. The average molecular weight is 774 g/mol. The summed E-state index contributed by atoms with van der Waals surface area (Å²) in [6.07, 6.45) is 41.3. The molecule has 0 heterocycles. The first-order valence-electron chi connectivity index (χ1n) is 22.6. The molecule has 0 saturated heterocycles. The van der Waals surface area contributed by atoms with Crippen molar-refractivity contribution in [2.24, 2.45) is 0 Å². The van der Waals surface area contributed by atoms with Crippen LogP contribution in [0.3, 0.4) is 0 Å². The van der Waals surface area contributed by atoms with Gasteiger partial charge in [0.15, 0.2) is 0 Å². The zero-order chi connectivity index (χ0) is 39.3. The monoisotopic (exact) mass is 774 g/mol. The van der Waals surface area contributed by atoms with Crippen LogP contribution >= 0.6 is 7.82 Å². The second kappa shape index (κ2) is 36.9. The number of likely N-dealkylation sites (N-methyl/N-ethyl adjacent to an activating group) is 1. The Bertz CT molecular complexity index is 880. The van der Waals surface area contributed by atoms with Crippen LogP contribution in [-0.4, -0.2) is 73.4 Å². The number of phosphoric acid groups is 1. The minimum Gasteiger partial charge on any atom is -0.387 e. The molecule has 1 amide bonds. The van der Waals surface area contributed by atoms with Crippen LogP contribution in [0.25, 0.3) is 0 Å². The lowest BCUT2D eigenvalue weighted by atomic mass is 10.0. The Morgan fingerprint density at radius 1 is 0.623 bits per heavy atom. The molecule has 316 valence electrons. The SMILES string of the molecule is CCCCCCCCCCCCCCCC/C=C/C(O)C(COP(=O)(O)OCC[N+](C)(C)C)NC(=O)CCCCCCCCCCCCCCCCC. The van der Waals surface area contributed by atoms with Gasteiger partial charge in [0.05, 0.1) is 39.9 Å². The zero-order valence-electron chi connectivity index (χ0n) is 35.8. The fourth-order valence-electron chi connectivity index (χ4n) is 6.63. The standard InChI is InChI=1S/C44H89N2O6P/c1-6-8-10-12-14-16-18-20-22-24-25-27-29-31-33-35-37-43(47)42(41-52-53(49,50)51-40-39-46(3,4)5)45-44(48)38-36-34-32-30-28-26-23-21-19-17-15-13-11-9-7-2/h35,37,42-43,47H,6-34,36,38-41H2,1-5H3,(H-,45,48,49,50)/p+1/b37-35+. The Balaban J connectivity index is 4.40. The van der Waals surface area contributed by atoms with Crippen LogP contribution < -0.4 is 5.32 Å². The summed E-state index contributed by atoms with van der Waals surface area (Å²) in [4.78, 5) is 23.1. The highest BCUT2D eigenvalue weighted by Gasteiger charge is 2.27. The van der Waals surface area contributed by atoms with Gasteiger partial charge in [0.25, 0.3) is 0 Å². The number of unbranched alkanes of at least 4 members (excludes halogenated alkanes) is 28. The van der Waals surface area contributed by atoms with Crippen LogP contribution in [0.15, 0.2) is 12.2 Å². The lowest BCUT2D eigenvalue weighted by Crippen LogP contribution is -2.45. The highest BCUT2D eigenvalue weighted by atomic mass is 31.2. The van der Waals surface area contributed by atoms with E-state index < -0.39 is 20.0 Å². The fraction of sp³-hybridized carbons (Fsp3) is 0.932. The van der Waals surface area contributed by atoms with Gasteiger partial charge in [-0.1, -0.05) is 199 Å². The molecular formula is C44H90N2O6P+. The number of aliphatic hydroxyl groups excluding tert-OH is 1. The highest BCUT2D eigenvalue weighted by molar-refractivity contribution is 7.47. The van der Waals surface area contributed by atoms with E-state index in [9.17, 15) is 19.4 Å². The Labute approximate surface area is 329 Å². The number of carbonyl (C=O) groups excluding carboxylic acids is 1. The average Bonchev–Trinajstić information content (AvgIpc) is 3.10. The van der Waals surface area contributed by atoms with E-state index >= 15 is 0 Å². The minimum atomic E-state index is -4.33. The number of carbonyl (C=O) groups is 1. The number of amides is 1. The molecule has 0 aromatic heterocycles. The molecule has 0 spiro atoms. The molecule has 8 nitrogen and oxygen atoms in total. The molecule has 0 radical (unpaired) electrons. The van der Waals surface area contributed by atoms with Gasteiger partial charge in [0.2, 0.25) is 5.91 Å². The van der Waals surface area contributed by atoms with Crippen LogP contribution in [-0.2, 0) is 18.4 Å². The van der Waals surface area contributed by atoms with Gasteiger partial charge < -0.3 is 19.8 Å². The molecule has 53 heavy (non-hydrogen) atoms. The maximum absolute atomic E-state index is 12.9. The fourth-order valence-corrected chi connectivity index (χ4v) is 7.37. The maximum atomic E-state index is 12.9. The second-order valence-electron chi connectivity index (χ2n) is 16.8. The lowest BCUT2D eigenvalue weighted by molar-refractivity contribution is -0.870. The van der Waals surface area contributed by atoms with Gasteiger partial charge >= 0.3 is 7.82 Å². The molecule has 0 fully saturated rings. The summed E-state index contributed by atoms with van der Waals surface area (Å²) in [5.41, 5.74) is 0. The van der Waals surface area contributed by atoms with E-state index in [0.29, 0.717) is 17.4 Å². The van der Waals surface area contributed by atoms with Gasteiger partial charge in [-0.3, -0.25) is 13.8 Å².